The summed E-state index contributed by atoms with van der Waals surface area (Å²) in [5, 5.41) is 0. The average molecular weight is 178 g/mol. The molecule has 0 spiro atoms. The molecule has 0 amide bonds. The number of halogens is 3. The summed E-state index contributed by atoms with van der Waals surface area (Å²) in [6, 6.07) is 0.624. The third kappa shape index (κ3) is 1.41. The summed E-state index contributed by atoms with van der Waals surface area (Å²) in [6.45, 7) is 0. The molecule has 1 aromatic heterocycles. The molecule has 0 aliphatic carbocycles. The summed E-state index contributed by atoms with van der Waals surface area (Å²) in [6.07, 6.45) is -2.95. The molecule has 6 heteroatoms. The SMILES string of the molecule is Nc1cc(C(F)F)c(=O)[nH]c1F. The first kappa shape index (κ1) is 8.63. The second kappa shape index (κ2) is 2.88. The number of pyridine rings is 1. The molecular formula is C6H5F3N2O. The van der Waals surface area contributed by atoms with Gasteiger partial charge in [0.15, 0.2) is 0 Å². The van der Waals surface area contributed by atoms with Crippen LogP contribution in [0.2, 0.25) is 0 Å². The van der Waals surface area contributed by atoms with Gasteiger partial charge in [0.2, 0.25) is 5.95 Å². The third-order valence-electron chi connectivity index (χ3n) is 1.29. The van der Waals surface area contributed by atoms with Gasteiger partial charge in [-0.1, -0.05) is 0 Å². The first-order chi connectivity index (χ1) is 5.52. The van der Waals surface area contributed by atoms with Crippen molar-refractivity contribution >= 4 is 5.69 Å². The largest absolute Gasteiger partial charge is 0.395 e. The first-order valence-electron chi connectivity index (χ1n) is 2.98. The molecule has 0 unspecified atom stereocenters. The van der Waals surface area contributed by atoms with Crippen LogP contribution in [0.4, 0.5) is 18.9 Å². The van der Waals surface area contributed by atoms with E-state index in [1.54, 1.807) is 4.98 Å². The van der Waals surface area contributed by atoms with Crippen LogP contribution in [0, 0.1) is 5.95 Å². The number of nitrogens with two attached hydrogens (primary N) is 1. The molecule has 1 rings (SSSR count). The van der Waals surface area contributed by atoms with Crippen molar-refractivity contribution in [3.05, 3.63) is 27.9 Å². The van der Waals surface area contributed by atoms with E-state index >= 15 is 0 Å². The summed E-state index contributed by atoms with van der Waals surface area (Å²) in [7, 11) is 0. The third-order valence-corrected chi connectivity index (χ3v) is 1.29. The lowest BCUT2D eigenvalue weighted by Gasteiger charge is -2.00. The number of nitrogen functional groups attached to an aromatic ring is 1. The zero-order valence-electron chi connectivity index (χ0n) is 5.77. The van der Waals surface area contributed by atoms with Crippen LogP contribution in [0.15, 0.2) is 10.9 Å². The van der Waals surface area contributed by atoms with Crippen molar-refractivity contribution in [3.63, 3.8) is 0 Å². The number of hydrogen-bond acceptors (Lipinski definition) is 2. The standard InChI is InChI=1S/C6H5F3N2O/c7-4(8)2-1-3(10)5(9)11-6(2)12/h1,4H,10H2,(H,11,12). The smallest absolute Gasteiger partial charge is 0.269 e. The molecular weight excluding hydrogens is 173 g/mol. The van der Waals surface area contributed by atoms with Crippen LogP contribution in [-0.2, 0) is 0 Å². The molecule has 0 fully saturated rings. The van der Waals surface area contributed by atoms with Crippen LogP contribution in [0.1, 0.15) is 12.0 Å². The minimum Gasteiger partial charge on any atom is -0.395 e. The maximum absolute atomic E-state index is 12.4. The highest BCUT2D eigenvalue weighted by Gasteiger charge is 2.14. The predicted octanol–water partition coefficient (Wildman–Crippen LogP) is 1.03. The molecule has 0 atom stereocenters. The molecule has 3 N–H and O–H groups in total. The molecule has 66 valence electrons. The van der Waals surface area contributed by atoms with E-state index in [0.29, 0.717) is 6.07 Å². The molecule has 0 aliphatic rings. The van der Waals surface area contributed by atoms with E-state index in [-0.39, 0.29) is 0 Å². The maximum atomic E-state index is 12.4. The molecule has 0 saturated carbocycles. The zero-order valence-corrected chi connectivity index (χ0v) is 5.77. The Hall–Kier alpha value is -1.46. The highest BCUT2D eigenvalue weighted by atomic mass is 19.3. The predicted molar refractivity (Wildman–Crippen MR) is 36.4 cm³/mol. The fraction of sp³-hybridized carbons (Fsp3) is 0.167. The Labute approximate surface area is 65.0 Å². The number of aromatic amines is 1. The number of rotatable bonds is 1. The normalized spacial score (nSPS) is 10.7. The average Bonchev–Trinajstić information content (AvgIpc) is 1.96. The van der Waals surface area contributed by atoms with E-state index in [1.165, 1.54) is 0 Å². The number of H-pyrrole nitrogens is 1. The monoisotopic (exact) mass is 178 g/mol. The van der Waals surface area contributed by atoms with Crippen molar-refractivity contribution in [2.24, 2.45) is 0 Å². The topological polar surface area (TPSA) is 58.9 Å². The fourth-order valence-corrected chi connectivity index (χ4v) is 0.703. The Morgan fingerprint density at radius 3 is 2.58 bits per heavy atom. The van der Waals surface area contributed by atoms with Gasteiger partial charge >= 0.3 is 0 Å². The Morgan fingerprint density at radius 2 is 2.08 bits per heavy atom. The molecule has 0 saturated heterocycles. The Balaban J connectivity index is 3.33. The van der Waals surface area contributed by atoms with E-state index in [0.717, 1.165) is 0 Å². The summed E-state index contributed by atoms with van der Waals surface area (Å²) < 4.78 is 36.3. The quantitative estimate of drug-likeness (QED) is 0.631. The Morgan fingerprint density at radius 1 is 1.50 bits per heavy atom. The molecule has 1 heterocycles. The Kier molecular flexibility index (Phi) is 2.07. The van der Waals surface area contributed by atoms with Crippen LogP contribution in [0.5, 0.6) is 0 Å². The van der Waals surface area contributed by atoms with Gasteiger partial charge in [-0.2, -0.15) is 4.39 Å². The van der Waals surface area contributed by atoms with Gasteiger partial charge in [0.05, 0.1) is 11.3 Å². The van der Waals surface area contributed by atoms with Gasteiger partial charge in [0.25, 0.3) is 12.0 Å². The molecule has 0 radical (unpaired) electrons. The van der Waals surface area contributed by atoms with Gasteiger partial charge in [-0.3, -0.25) is 9.78 Å². The van der Waals surface area contributed by atoms with Gasteiger partial charge in [0.1, 0.15) is 0 Å². The lowest BCUT2D eigenvalue weighted by molar-refractivity contribution is 0.149. The van der Waals surface area contributed by atoms with Crippen molar-refractivity contribution in [2.45, 2.75) is 6.43 Å². The van der Waals surface area contributed by atoms with Gasteiger partial charge in [0, 0.05) is 0 Å². The van der Waals surface area contributed by atoms with Crippen molar-refractivity contribution in [1.29, 1.82) is 0 Å². The lowest BCUT2D eigenvalue weighted by Crippen LogP contribution is -2.15. The summed E-state index contributed by atoms with van der Waals surface area (Å²) >= 11 is 0. The number of anilines is 1. The maximum Gasteiger partial charge on any atom is 0.269 e. The molecule has 1 aromatic rings. The molecule has 0 aromatic carbocycles. The number of nitrogens with one attached hydrogen (secondary N) is 1. The van der Waals surface area contributed by atoms with Gasteiger partial charge in [-0.25, -0.2) is 8.78 Å². The van der Waals surface area contributed by atoms with Crippen LogP contribution in [0.3, 0.4) is 0 Å². The highest BCUT2D eigenvalue weighted by molar-refractivity contribution is 5.38. The van der Waals surface area contributed by atoms with Crippen LogP contribution in [0.25, 0.3) is 0 Å². The van der Waals surface area contributed by atoms with E-state index in [1.807, 2.05) is 0 Å². The van der Waals surface area contributed by atoms with E-state index in [2.05, 4.69) is 0 Å². The second-order valence-corrected chi connectivity index (χ2v) is 2.12. The van der Waals surface area contributed by atoms with E-state index in [9.17, 15) is 18.0 Å². The highest BCUT2D eigenvalue weighted by Crippen LogP contribution is 2.16. The van der Waals surface area contributed by atoms with Crippen molar-refractivity contribution < 1.29 is 13.2 Å². The molecule has 0 bridgehead atoms. The van der Waals surface area contributed by atoms with Gasteiger partial charge in [-0.15, -0.1) is 0 Å². The lowest BCUT2D eigenvalue weighted by atomic mass is 10.2. The van der Waals surface area contributed by atoms with Crippen LogP contribution < -0.4 is 11.3 Å². The number of alkyl halides is 2. The molecule has 3 nitrogen and oxygen atoms in total. The minimum absolute atomic E-state index is 0.495. The van der Waals surface area contributed by atoms with Crippen molar-refractivity contribution in [2.75, 3.05) is 5.73 Å². The minimum atomic E-state index is -2.95. The number of aromatic nitrogens is 1. The van der Waals surface area contributed by atoms with Crippen molar-refractivity contribution in [1.82, 2.24) is 4.98 Å². The fourth-order valence-electron chi connectivity index (χ4n) is 0.703. The summed E-state index contributed by atoms with van der Waals surface area (Å²) in [4.78, 5) is 12.2. The molecule has 0 aliphatic heterocycles. The second-order valence-electron chi connectivity index (χ2n) is 2.12. The zero-order chi connectivity index (χ0) is 9.30. The van der Waals surface area contributed by atoms with Gasteiger partial charge in [-0.05, 0) is 6.07 Å². The van der Waals surface area contributed by atoms with Crippen molar-refractivity contribution in [3.8, 4) is 0 Å². The van der Waals surface area contributed by atoms with E-state index in [4.69, 9.17) is 5.73 Å². The van der Waals surface area contributed by atoms with Crippen LogP contribution >= 0.6 is 0 Å². The molecule has 12 heavy (non-hydrogen) atoms. The number of hydrogen-bond donors (Lipinski definition) is 2. The van der Waals surface area contributed by atoms with Gasteiger partial charge < -0.3 is 5.73 Å². The Bertz CT molecular complexity index is 347. The first-order valence-corrected chi connectivity index (χ1v) is 2.98. The van der Waals surface area contributed by atoms with E-state index < -0.39 is 29.2 Å². The summed E-state index contributed by atoms with van der Waals surface area (Å²) in [5.41, 5.74) is 2.47. The summed E-state index contributed by atoms with van der Waals surface area (Å²) in [5.74, 6) is -1.09. The van der Waals surface area contributed by atoms with Crippen LogP contribution in [-0.4, -0.2) is 4.98 Å².